The maximum Gasteiger partial charge on any atom is 0.408 e. The van der Waals surface area contributed by atoms with E-state index in [-0.39, 0.29) is 24.8 Å². The van der Waals surface area contributed by atoms with Gasteiger partial charge in [-0.15, -0.1) is 24.8 Å². The van der Waals surface area contributed by atoms with Gasteiger partial charge in [0.2, 0.25) is 0 Å². The van der Waals surface area contributed by atoms with E-state index in [1.54, 1.807) is 24.3 Å². The first-order valence-electron chi connectivity index (χ1n) is 7.72. The fourth-order valence-electron chi connectivity index (χ4n) is 3.04. The van der Waals surface area contributed by atoms with Crippen molar-refractivity contribution >= 4 is 24.8 Å². The molecule has 0 spiro atoms. The van der Waals surface area contributed by atoms with Gasteiger partial charge < -0.3 is 5.32 Å². The number of benzene rings is 2. The summed E-state index contributed by atoms with van der Waals surface area (Å²) in [4.78, 5) is 1.51. The minimum Gasteiger partial charge on any atom is -0.314 e. The second-order valence-electron chi connectivity index (χ2n) is 5.72. The lowest BCUT2D eigenvalue weighted by atomic mass is 9.99. The Morgan fingerprint density at radius 2 is 1.32 bits per heavy atom. The van der Waals surface area contributed by atoms with E-state index in [0.29, 0.717) is 31.7 Å². The van der Waals surface area contributed by atoms with Gasteiger partial charge in [0.15, 0.2) is 0 Å². The molecule has 1 aliphatic rings. The van der Waals surface area contributed by atoms with Crippen LogP contribution in [0.3, 0.4) is 0 Å². The van der Waals surface area contributed by atoms with Gasteiger partial charge in [-0.2, -0.15) is 13.2 Å². The van der Waals surface area contributed by atoms with E-state index >= 15 is 0 Å². The minimum absolute atomic E-state index is 0. The van der Waals surface area contributed by atoms with Crippen molar-refractivity contribution in [1.82, 2.24) is 10.2 Å². The Labute approximate surface area is 158 Å². The summed E-state index contributed by atoms with van der Waals surface area (Å²) in [7, 11) is 0. The van der Waals surface area contributed by atoms with Crippen LogP contribution < -0.4 is 5.32 Å². The molecular formula is C18H21Cl2F3N2. The molecule has 2 aromatic rings. The van der Waals surface area contributed by atoms with Crippen molar-refractivity contribution in [3.8, 4) is 11.1 Å². The van der Waals surface area contributed by atoms with Crippen molar-refractivity contribution in [2.45, 2.75) is 12.2 Å². The summed E-state index contributed by atoms with van der Waals surface area (Å²) >= 11 is 0. The largest absolute Gasteiger partial charge is 0.408 e. The first-order valence-corrected chi connectivity index (χ1v) is 7.72. The van der Waals surface area contributed by atoms with Crippen LogP contribution in [-0.2, 0) is 0 Å². The smallest absolute Gasteiger partial charge is 0.314 e. The van der Waals surface area contributed by atoms with E-state index in [1.165, 1.54) is 4.90 Å². The molecule has 3 rings (SSSR count). The van der Waals surface area contributed by atoms with Crippen molar-refractivity contribution in [2.24, 2.45) is 0 Å². The summed E-state index contributed by atoms with van der Waals surface area (Å²) < 4.78 is 40.7. The lowest BCUT2D eigenvalue weighted by Crippen LogP contribution is -2.49. The predicted molar refractivity (Wildman–Crippen MR) is 99.6 cm³/mol. The zero-order chi connectivity index (χ0) is 16.3. The summed E-state index contributed by atoms with van der Waals surface area (Å²) in [5, 5.41) is 3.09. The van der Waals surface area contributed by atoms with Crippen LogP contribution >= 0.6 is 24.8 Å². The third kappa shape index (κ3) is 5.35. The van der Waals surface area contributed by atoms with Crippen molar-refractivity contribution in [3.63, 3.8) is 0 Å². The summed E-state index contributed by atoms with van der Waals surface area (Å²) in [6.07, 6.45) is -4.27. The summed E-state index contributed by atoms with van der Waals surface area (Å²) in [5.74, 6) is 0. The van der Waals surface area contributed by atoms with Crippen LogP contribution in [-0.4, -0.2) is 37.3 Å². The van der Waals surface area contributed by atoms with Crippen molar-refractivity contribution in [1.29, 1.82) is 0 Å². The first-order chi connectivity index (χ1) is 11.1. The number of alkyl halides is 3. The number of hydrogen-bond acceptors (Lipinski definition) is 2. The predicted octanol–water partition coefficient (Wildman–Crippen LogP) is 4.71. The third-order valence-electron chi connectivity index (χ3n) is 4.16. The maximum absolute atomic E-state index is 13.6. The van der Waals surface area contributed by atoms with Crippen molar-refractivity contribution in [3.05, 3.63) is 60.2 Å². The zero-order valence-corrected chi connectivity index (χ0v) is 15.1. The monoisotopic (exact) mass is 392 g/mol. The van der Waals surface area contributed by atoms with E-state index in [4.69, 9.17) is 0 Å². The van der Waals surface area contributed by atoms with Crippen LogP contribution in [0, 0.1) is 0 Å². The van der Waals surface area contributed by atoms with Crippen LogP contribution in [0.25, 0.3) is 11.1 Å². The van der Waals surface area contributed by atoms with Gasteiger partial charge in [-0.05, 0) is 16.7 Å². The molecule has 1 atom stereocenters. The Morgan fingerprint density at radius 1 is 0.800 bits per heavy atom. The summed E-state index contributed by atoms with van der Waals surface area (Å²) in [6.45, 7) is 2.00. The fraction of sp³-hybridized carbons (Fsp3) is 0.333. The number of hydrogen-bond donors (Lipinski definition) is 1. The average Bonchev–Trinajstić information content (AvgIpc) is 2.56. The minimum atomic E-state index is -4.27. The Balaban J connectivity index is 0.00000156. The molecule has 1 saturated heterocycles. The molecule has 7 heteroatoms. The number of halogens is 5. The van der Waals surface area contributed by atoms with Gasteiger partial charge in [-0.25, -0.2) is 0 Å². The molecule has 0 aliphatic carbocycles. The highest BCUT2D eigenvalue weighted by Crippen LogP contribution is 2.38. The quantitative estimate of drug-likeness (QED) is 0.813. The second-order valence-corrected chi connectivity index (χ2v) is 5.72. The Bertz CT molecular complexity index is 627. The Hall–Kier alpha value is -1.27. The van der Waals surface area contributed by atoms with Gasteiger partial charge in [0.05, 0.1) is 0 Å². The highest BCUT2D eigenvalue weighted by Gasteiger charge is 2.44. The molecule has 0 unspecified atom stereocenters. The molecule has 2 nitrogen and oxygen atoms in total. The van der Waals surface area contributed by atoms with Gasteiger partial charge >= 0.3 is 6.18 Å². The molecule has 138 valence electrons. The van der Waals surface area contributed by atoms with E-state index in [0.717, 1.165) is 11.1 Å². The molecule has 2 aromatic carbocycles. The SMILES string of the molecule is Cl.Cl.FC(F)(F)[C@H](c1ccc(-c2ccccc2)cc1)N1CCNCC1. The summed E-state index contributed by atoms with van der Waals surface area (Å²) in [6, 6.07) is 14.9. The van der Waals surface area contributed by atoms with Crippen LogP contribution in [0.1, 0.15) is 11.6 Å². The molecule has 1 N–H and O–H groups in total. The molecule has 0 radical (unpaired) electrons. The molecule has 25 heavy (non-hydrogen) atoms. The number of piperazine rings is 1. The zero-order valence-electron chi connectivity index (χ0n) is 13.5. The first kappa shape index (κ1) is 21.8. The van der Waals surface area contributed by atoms with Crippen molar-refractivity contribution < 1.29 is 13.2 Å². The lowest BCUT2D eigenvalue weighted by Gasteiger charge is -2.36. The maximum atomic E-state index is 13.6. The van der Waals surface area contributed by atoms with E-state index in [9.17, 15) is 13.2 Å². The number of nitrogens with zero attached hydrogens (tertiary/aromatic N) is 1. The average molecular weight is 393 g/mol. The van der Waals surface area contributed by atoms with Gasteiger partial charge in [-0.1, -0.05) is 54.6 Å². The second kappa shape index (κ2) is 9.43. The molecule has 1 heterocycles. The molecule has 0 saturated carbocycles. The van der Waals surface area contributed by atoms with Crippen LogP contribution in [0.5, 0.6) is 0 Å². The van der Waals surface area contributed by atoms with Crippen molar-refractivity contribution in [2.75, 3.05) is 26.2 Å². The molecule has 0 aromatic heterocycles. The normalized spacial score (nSPS) is 16.4. The highest BCUT2D eigenvalue weighted by atomic mass is 35.5. The fourth-order valence-corrected chi connectivity index (χ4v) is 3.04. The Morgan fingerprint density at radius 3 is 1.84 bits per heavy atom. The van der Waals surface area contributed by atoms with Gasteiger partial charge in [0.1, 0.15) is 6.04 Å². The molecule has 1 aliphatic heterocycles. The van der Waals surface area contributed by atoms with Gasteiger partial charge in [-0.3, -0.25) is 4.90 Å². The van der Waals surface area contributed by atoms with Crippen LogP contribution in [0.4, 0.5) is 13.2 Å². The van der Waals surface area contributed by atoms with Crippen LogP contribution in [0.15, 0.2) is 54.6 Å². The molecule has 1 fully saturated rings. The van der Waals surface area contributed by atoms with E-state index in [1.807, 2.05) is 30.3 Å². The van der Waals surface area contributed by atoms with Gasteiger partial charge in [0, 0.05) is 26.2 Å². The summed E-state index contributed by atoms with van der Waals surface area (Å²) in [5.41, 5.74) is 2.24. The third-order valence-corrected chi connectivity index (χ3v) is 4.16. The standard InChI is InChI=1S/C18H19F3N2.2ClH/c19-18(20,21)17(23-12-10-22-11-13-23)16-8-6-15(7-9-16)14-4-2-1-3-5-14;;/h1-9,17,22H,10-13H2;2*1H/t17-;;/m0../s1. The lowest BCUT2D eigenvalue weighted by molar-refractivity contribution is -0.187. The Kier molecular flexibility index (Phi) is 8.22. The van der Waals surface area contributed by atoms with Gasteiger partial charge in [0.25, 0.3) is 0 Å². The molecule has 0 amide bonds. The molecule has 0 bridgehead atoms. The number of rotatable bonds is 3. The molecular weight excluding hydrogens is 372 g/mol. The topological polar surface area (TPSA) is 15.3 Å². The van der Waals surface area contributed by atoms with E-state index in [2.05, 4.69) is 5.32 Å². The number of nitrogens with one attached hydrogen (secondary N) is 1. The highest BCUT2D eigenvalue weighted by molar-refractivity contribution is 5.85. The van der Waals surface area contributed by atoms with Crippen LogP contribution in [0.2, 0.25) is 0 Å². The van der Waals surface area contributed by atoms with E-state index < -0.39 is 12.2 Å².